The minimum atomic E-state index is -0.442. The number of anilines is 1. The molecular formula is C9H11N5O. The third-order valence-electron chi connectivity index (χ3n) is 2.05. The predicted molar refractivity (Wildman–Crippen MR) is 55.3 cm³/mol. The molecule has 0 aromatic carbocycles. The highest BCUT2D eigenvalue weighted by atomic mass is 16.1. The highest BCUT2D eigenvalue weighted by molar-refractivity contribution is 5.82. The van der Waals surface area contributed by atoms with Crippen molar-refractivity contribution in [2.75, 3.05) is 5.32 Å². The van der Waals surface area contributed by atoms with Crippen LogP contribution in [-0.4, -0.2) is 26.5 Å². The van der Waals surface area contributed by atoms with E-state index >= 15 is 0 Å². The van der Waals surface area contributed by atoms with Gasteiger partial charge in [0, 0.05) is 12.3 Å². The van der Waals surface area contributed by atoms with E-state index in [9.17, 15) is 4.79 Å². The van der Waals surface area contributed by atoms with Gasteiger partial charge in [-0.25, -0.2) is 9.50 Å². The van der Waals surface area contributed by atoms with Crippen molar-refractivity contribution in [2.24, 2.45) is 5.73 Å². The first-order chi connectivity index (χ1) is 7.16. The van der Waals surface area contributed by atoms with Crippen molar-refractivity contribution >= 4 is 17.4 Å². The molecule has 2 aromatic rings. The van der Waals surface area contributed by atoms with Crippen molar-refractivity contribution in [1.29, 1.82) is 0 Å². The Hall–Kier alpha value is -2.11. The molecule has 1 amide bonds. The summed E-state index contributed by atoms with van der Waals surface area (Å²) in [6.45, 7) is 1.69. The lowest BCUT2D eigenvalue weighted by atomic mass is 10.3. The summed E-state index contributed by atoms with van der Waals surface area (Å²) in [5.74, 6) is 0.194. The van der Waals surface area contributed by atoms with Crippen molar-refractivity contribution in [3.8, 4) is 0 Å². The van der Waals surface area contributed by atoms with Crippen molar-refractivity contribution in [3.05, 3.63) is 24.5 Å². The molecule has 2 heterocycles. The number of aromatic nitrogens is 3. The number of nitrogens with one attached hydrogen (secondary N) is 1. The van der Waals surface area contributed by atoms with Gasteiger partial charge in [-0.1, -0.05) is 0 Å². The second-order valence-corrected chi connectivity index (χ2v) is 3.22. The van der Waals surface area contributed by atoms with E-state index in [0.717, 1.165) is 5.65 Å². The summed E-state index contributed by atoms with van der Waals surface area (Å²) in [4.78, 5) is 15.1. The van der Waals surface area contributed by atoms with Crippen LogP contribution in [0.25, 0.3) is 5.65 Å². The van der Waals surface area contributed by atoms with Crippen LogP contribution in [0, 0.1) is 0 Å². The highest BCUT2D eigenvalue weighted by Crippen LogP contribution is 2.06. The number of rotatable bonds is 3. The maximum Gasteiger partial charge on any atom is 0.239 e. The Bertz CT molecular complexity index is 492. The summed E-state index contributed by atoms with van der Waals surface area (Å²) in [5.41, 5.74) is 5.85. The maximum atomic E-state index is 10.8. The minimum absolute atomic E-state index is 0.412. The number of nitrogens with two attached hydrogens (primary N) is 1. The Morgan fingerprint density at radius 3 is 3.13 bits per heavy atom. The molecule has 0 bridgehead atoms. The summed E-state index contributed by atoms with van der Waals surface area (Å²) in [6.07, 6.45) is 3.42. The van der Waals surface area contributed by atoms with Gasteiger partial charge in [-0.05, 0) is 13.0 Å². The topological polar surface area (TPSA) is 85.3 Å². The first-order valence-electron chi connectivity index (χ1n) is 4.53. The van der Waals surface area contributed by atoms with Crippen LogP contribution < -0.4 is 11.1 Å². The highest BCUT2D eigenvalue weighted by Gasteiger charge is 2.08. The quantitative estimate of drug-likeness (QED) is 0.739. The molecule has 6 nitrogen and oxygen atoms in total. The summed E-state index contributed by atoms with van der Waals surface area (Å²) >= 11 is 0. The lowest BCUT2D eigenvalue weighted by molar-refractivity contribution is -0.118. The van der Waals surface area contributed by atoms with E-state index < -0.39 is 11.9 Å². The zero-order valence-corrected chi connectivity index (χ0v) is 8.21. The van der Waals surface area contributed by atoms with Crippen LogP contribution in [0.3, 0.4) is 0 Å². The molecule has 78 valence electrons. The van der Waals surface area contributed by atoms with Crippen LogP contribution in [0.15, 0.2) is 24.5 Å². The van der Waals surface area contributed by atoms with Crippen LogP contribution in [0.4, 0.5) is 5.82 Å². The molecule has 6 heteroatoms. The van der Waals surface area contributed by atoms with Crippen molar-refractivity contribution in [2.45, 2.75) is 13.0 Å². The van der Waals surface area contributed by atoms with Gasteiger partial charge in [0.05, 0.1) is 6.20 Å². The summed E-state index contributed by atoms with van der Waals surface area (Å²) < 4.78 is 1.64. The number of amides is 1. The predicted octanol–water partition coefficient (Wildman–Crippen LogP) is 0.0150. The Labute approximate surface area is 86.1 Å². The zero-order chi connectivity index (χ0) is 10.8. The van der Waals surface area contributed by atoms with E-state index in [-0.39, 0.29) is 0 Å². The molecule has 0 aliphatic carbocycles. The number of hydrogen-bond donors (Lipinski definition) is 2. The third kappa shape index (κ3) is 1.88. The number of fused-ring (bicyclic) bond motifs is 1. The van der Waals surface area contributed by atoms with Crippen LogP contribution in [-0.2, 0) is 4.79 Å². The van der Waals surface area contributed by atoms with Gasteiger partial charge in [-0.3, -0.25) is 4.79 Å². The lowest BCUT2D eigenvalue weighted by Gasteiger charge is -2.10. The second-order valence-electron chi connectivity index (χ2n) is 3.22. The van der Waals surface area contributed by atoms with E-state index in [0.29, 0.717) is 5.82 Å². The van der Waals surface area contributed by atoms with Gasteiger partial charge in [-0.15, -0.1) is 0 Å². The van der Waals surface area contributed by atoms with Gasteiger partial charge in [0.25, 0.3) is 0 Å². The van der Waals surface area contributed by atoms with Crippen molar-refractivity contribution < 1.29 is 4.79 Å². The molecular weight excluding hydrogens is 194 g/mol. The second kappa shape index (κ2) is 3.56. The summed E-state index contributed by atoms with van der Waals surface area (Å²) in [6, 6.07) is 3.07. The Kier molecular flexibility index (Phi) is 2.24. The fourth-order valence-electron chi connectivity index (χ4n) is 1.19. The lowest BCUT2D eigenvalue weighted by Crippen LogP contribution is -2.32. The molecule has 15 heavy (non-hydrogen) atoms. The molecule has 0 fully saturated rings. The van der Waals surface area contributed by atoms with Gasteiger partial charge >= 0.3 is 0 Å². The first kappa shape index (κ1) is 9.45. The van der Waals surface area contributed by atoms with Gasteiger partial charge < -0.3 is 11.1 Å². The van der Waals surface area contributed by atoms with Gasteiger partial charge in [0.15, 0.2) is 5.65 Å². The molecule has 0 spiro atoms. The monoisotopic (exact) mass is 205 g/mol. The number of hydrogen-bond acceptors (Lipinski definition) is 4. The Balaban J connectivity index is 2.24. The molecule has 1 atom stereocenters. The fourth-order valence-corrected chi connectivity index (χ4v) is 1.19. The number of nitrogens with zero attached hydrogens (tertiary/aromatic N) is 3. The Morgan fingerprint density at radius 1 is 1.60 bits per heavy atom. The zero-order valence-electron chi connectivity index (χ0n) is 8.21. The minimum Gasteiger partial charge on any atom is -0.368 e. The summed E-state index contributed by atoms with van der Waals surface area (Å²) in [5, 5.41) is 6.91. The summed E-state index contributed by atoms with van der Waals surface area (Å²) in [7, 11) is 0. The number of primary amides is 1. The van der Waals surface area contributed by atoms with E-state index in [2.05, 4.69) is 15.4 Å². The van der Waals surface area contributed by atoms with Gasteiger partial charge in [0.2, 0.25) is 5.91 Å². The van der Waals surface area contributed by atoms with Gasteiger partial charge in [-0.2, -0.15) is 5.10 Å². The molecule has 3 N–H and O–H groups in total. The largest absolute Gasteiger partial charge is 0.368 e. The SMILES string of the molecule is CC(Nc1ccn2nccc2n1)C(N)=O. The molecule has 2 aromatic heterocycles. The maximum absolute atomic E-state index is 10.8. The first-order valence-corrected chi connectivity index (χ1v) is 4.53. The van der Waals surface area contributed by atoms with Crippen LogP contribution in [0.1, 0.15) is 6.92 Å². The molecule has 2 rings (SSSR count). The van der Waals surface area contributed by atoms with E-state index in [1.54, 1.807) is 36.0 Å². The Morgan fingerprint density at radius 2 is 2.40 bits per heavy atom. The fraction of sp³-hybridized carbons (Fsp3) is 0.222. The normalized spacial score (nSPS) is 12.6. The third-order valence-corrected chi connectivity index (χ3v) is 2.05. The molecule has 0 aliphatic rings. The molecule has 0 radical (unpaired) electrons. The number of carbonyl (C=O) groups excluding carboxylic acids is 1. The standard InChI is InChI=1S/C9H11N5O/c1-6(9(10)15)12-7-3-5-14-8(13-7)2-4-11-14/h2-6H,1H3,(H2,10,15)(H,12,13). The van der Waals surface area contributed by atoms with E-state index in [4.69, 9.17) is 5.73 Å². The number of carbonyl (C=O) groups is 1. The van der Waals surface area contributed by atoms with Crippen LogP contribution in [0.5, 0.6) is 0 Å². The van der Waals surface area contributed by atoms with E-state index in [1.807, 2.05) is 0 Å². The average molecular weight is 205 g/mol. The van der Waals surface area contributed by atoms with Crippen molar-refractivity contribution in [1.82, 2.24) is 14.6 Å². The van der Waals surface area contributed by atoms with Crippen LogP contribution >= 0.6 is 0 Å². The van der Waals surface area contributed by atoms with Crippen molar-refractivity contribution in [3.63, 3.8) is 0 Å². The molecule has 1 unspecified atom stereocenters. The molecule has 0 saturated carbocycles. The smallest absolute Gasteiger partial charge is 0.239 e. The van der Waals surface area contributed by atoms with Crippen LogP contribution in [0.2, 0.25) is 0 Å². The van der Waals surface area contributed by atoms with Gasteiger partial charge in [0.1, 0.15) is 11.9 Å². The average Bonchev–Trinajstić information content (AvgIpc) is 2.64. The molecule has 0 saturated heterocycles. The van der Waals surface area contributed by atoms with E-state index in [1.165, 1.54) is 0 Å². The molecule has 0 aliphatic heterocycles.